The largest absolute Gasteiger partial charge is 0.302 e. The standard InChI is InChI=1S/C15H20FN3/c1-2-7-19-8-6-14-13(10-19)15(18-17-14)11-4-3-5-12(16)9-11/h3-5,9,13,15,18H,2,6-8,10H2,1H3. The van der Waals surface area contributed by atoms with Crippen molar-refractivity contribution in [2.45, 2.75) is 25.8 Å². The summed E-state index contributed by atoms with van der Waals surface area (Å²) in [6.07, 6.45) is 2.21. The molecule has 2 aliphatic rings. The van der Waals surface area contributed by atoms with Crippen LogP contribution in [0.3, 0.4) is 0 Å². The summed E-state index contributed by atoms with van der Waals surface area (Å²) >= 11 is 0. The molecule has 1 N–H and O–H groups in total. The maximum absolute atomic E-state index is 13.4. The lowest BCUT2D eigenvalue weighted by Crippen LogP contribution is -2.42. The monoisotopic (exact) mass is 261 g/mol. The second-order valence-corrected chi connectivity index (χ2v) is 5.42. The van der Waals surface area contributed by atoms with Crippen LogP contribution in [0.4, 0.5) is 4.39 Å². The summed E-state index contributed by atoms with van der Waals surface area (Å²) < 4.78 is 13.4. The topological polar surface area (TPSA) is 27.6 Å². The molecule has 2 heterocycles. The molecule has 2 atom stereocenters. The molecular formula is C15H20FN3. The maximum Gasteiger partial charge on any atom is 0.123 e. The molecule has 2 aliphatic heterocycles. The van der Waals surface area contributed by atoms with Gasteiger partial charge >= 0.3 is 0 Å². The Hall–Kier alpha value is -1.42. The molecule has 0 saturated carbocycles. The van der Waals surface area contributed by atoms with E-state index >= 15 is 0 Å². The molecule has 2 unspecified atom stereocenters. The van der Waals surface area contributed by atoms with E-state index in [9.17, 15) is 4.39 Å². The molecule has 19 heavy (non-hydrogen) atoms. The average molecular weight is 261 g/mol. The number of hydrogen-bond donors (Lipinski definition) is 1. The molecule has 3 nitrogen and oxygen atoms in total. The van der Waals surface area contributed by atoms with Crippen LogP contribution in [-0.2, 0) is 0 Å². The Balaban J connectivity index is 1.78. The first-order chi connectivity index (χ1) is 9.28. The molecule has 4 heteroatoms. The number of likely N-dealkylation sites (tertiary alicyclic amines) is 1. The Morgan fingerprint density at radius 3 is 3.16 bits per heavy atom. The SMILES string of the molecule is CCCN1CCC2=NNC(c3cccc(F)c3)C2C1. The Morgan fingerprint density at radius 2 is 2.37 bits per heavy atom. The normalized spacial score (nSPS) is 26.7. The molecule has 0 aliphatic carbocycles. The van der Waals surface area contributed by atoms with Crippen molar-refractivity contribution in [1.29, 1.82) is 0 Å². The van der Waals surface area contributed by atoms with Crippen molar-refractivity contribution >= 4 is 5.71 Å². The second-order valence-electron chi connectivity index (χ2n) is 5.42. The second kappa shape index (κ2) is 5.29. The first-order valence-electron chi connectivity index (χ1n) is 7.07. The van der Waals surface area contributed by atoms with Crippen molar-refractivity contribution in [2.24, 2.45) is 11.0 Å². The Bertz CT molecular complexity index is 486. The number of rotatable bonds is 3. The third-order valence-corrected chi connectivity index (χ3v) is 4.06. The molecule has 0 amide bonds. The van der Waals surface area contributed by atoms with Crippen LogP contribution < -0.4 is 5.43 Å². The van der Waals surface area contributed by atoms with Crippen molar-refractivity contribution in [2.75, 3.05) is 19.6 Å². The van der Waals surface area contributed by atoms with Gasteiger partial charge < -0.3 is 10.3 Å². The van der Waals surface area contributed by atoms with Crippen LogP contribution in [0.25, 0.3) is 0 Å². The van der Waals surface area contributed by atoms with Crippen LogP contribution in [0.15, 0.2) is 29.4 Å². The van der Waals surface area contributed by atoms with E-state index in [0.29, 0.717) is 5.92 Å². The van der Waals surface area contributed by atoms with Gasteiger partial charge in [0.25, 0.3) is 0 Å². The number of hydrazone groups is 1. The van der Waals surface area contributed by atoms with E-state index in [2.05, 4.69) is 22.4 Å². The third-order valence-electron chi connectivity index (χ3n) is 4.06. The van der Waals surface area contributed by atoms with Gasteiger partial charge in [-0.25, -0.2) is 4.39 Å². The van der Waals surface area contributed by atoms with E-state index in [0.717, 1.165) is 31.6 Å². The summed E-state index contributed by atoms with van der Waals surface area (Å²) in [5.41, 5.74) is 5.45. The highest BCUT2D eigenvalue weighted by Gasteiger charge is 2.36. The number of nitrogens with zero attached hydrogens (tertiary/aromatic N) is 2. The molecular weight excluding hydrogens is 241 g/mol. The number of piperidine rings is 1. The van der Waals surface area contributed by atoms with Crippen LogP contribution >= 0.6 is 0 Å². The molecule has 102 valence electrons. The summed E-state index contributed by atoms with van der Waals surface area (Å²) in [5.74, 6) is 0.219. The van der Waals surface area contributed by atoms with E-state index in [1.165, 1.54) is 18.2 Å². The molecule has 1 aromatic rings. The lowest BCUT2D eigenvalue weighted by Gasteiger charge is -2.33. The molecule has 1 saturated heterocycles. The first kappa shape index (κ1) is 12.6. The number of fused-ring (bicyclic) bond motifs is 1. The van der Waals surface area contributed by atoms with E-state index in [1.807, 2.05) is 6.07 Å². The number of halogens is 1. The lowest BCUT2D eigenvalue weighted by atomic mass is 9.86. The highest BCUT2D eigenvalue weighted by atomic mass is 19.1. The van der Waals surface area contributed by atoms with Gasteiger partial charge in [0.1, 0.15) is 5.82 Å². The maximum atomic E-state index is 13.4. The van der Waals surface area contributed by atoms with Gasteiger partial charge in [-0.15, -0.1) is 0 Å². The van der Waals surface area contributed by atoms with Crippen LogP contribution in [0.2, 0.25) is 0 Å². The summed E-state index contributed by atoms with van der Waals surface area (Å²) in [4.78, 5) is 2.49. The zero-order chi connectivity index (χ0) is 13.2. The van der Waals surface area contributed by atoms with Crippen LogP contribution in [0, 0.1) is 11.7 Å². The molecule has 1 aromatic carbocycles. The molecule has 3 rings (SSSR count). The van der Waals surface area contributed by atoms with Gasteiger partial charge in [-0.2, -0.15) is 5.10 Å². The third kappa shape index (κ3) is 2.50. The van der Waals surface area contributed by atoms with Gasteiger partial charge in [0, 0.05) is 31.1 Å². The summed E-state index contributed by atoms with van der Waals surface area (Å²) in [6.45, 7) is 5.47. The fourth-order valence-corrected chi connectivity index (χ4v) is 3.14. The Labute approximate surface area is 113 Å². The minimum Gasteiger partial charge on any atom is -0.302 e. The van der Waals surface area contributed by atoms with Gasteiger partial charge in [-0.05, 0) is 30.7 Å². The highest BCUT2D eigenvalue weighted by molar-refractivity contribution is 5.89. The molecule has 0 aromatic heterocycles. The zero-order valence-electron chi connectivity index (χ0n) is 11.3. The Morgan fingerprint density at radius 1 is 1.47 bits per heavy atom. The number of hydrogen-bond acceptors (Lipinski definition) is 3. The van der Waals surface area contributed by atoms with E-state index in [-0.39, 0.29) is 11.9 Å². The predicted molar refractivity (Wildman–Crippen MR) is 74.5 cm³/mol. The van der Waals surface area contributed by atoms with E-state index in [4.69, 9.17) is 0 Å². The summed E-state index contributed by atoms with van der Waals surface area (Å²) in [5, 5.41) is 4.46. The van der Waals surface area contributed by atoms with Gasteiger partial charge in [0.05, 0.1) is 6.04 Å². The fraction of sp³-hybridized carbons (Fsp3) is 0.533. The molecule has 0 radical (unpaired) electrons. The van der Waals surface area contributed by atoms with Crippen LogP contribution in [0.5, 0.6) is 0 Å². The molecule has 1 fully saturated rings. The first-order valence-corrected chi connectivity index (χ1v) is 7.07. The van der Waals surface area contributed by atoms with Crippen molar-refractivity contribution in [1.82, 2.24) is 10.3 Å². The summed E-state index contributed by atoms with van der Waals surface area (Å²) in [7, 11) is 0. The van der Waals surface area contributed by atoms with Gasteiger partial charge in [0.2, 0.25) is 0 Å². The minimum absolute atomic E-state index is 0.130. The van der Waals surface area contributed by atoms with Crippen LogP contribution in [0.1, 0.15) is 31.4 Å². The van der Waals surface area contributed by atoms with Gasteiger partial charge in [-0.1, -0.05) is 19.1 Å². The van der Waals surface area contributed by atoms with Gasteiger partial charge in [0.15, 0.2) is 0 Å². The molecule has 0 spiro atoms. The molecule has 0 bridgehead atoms. The van der Waals surface area contributed by atoms with E-state index in [1.54, 1.807) is 12.1 Å². The Kier molecular flexibility index (Phi) is 3.51. The predicted octanol–water partition coefficient (Wildman–Crippen LogP) is 2.56. The summed E-state index contributed by atoms with van der Waals surface area (Å²) in [6, 6.07) is 7.00. The average Bonchev–Trinajstić information content (AvgIpc) is 2.82. The number of nitrogens with one attached hydrogen (secondary N) is 1. The fourth-order valence-electron chi connectivity index (χ4n) is 3.14. The quantitative estimate of drug-likeness (QED) is 0.905. The smallest absolute Gasteiger partial charge is 0.123 e. The van der Waals surface area contributed by atoms with E-state index < -0.39 is 0 Å². The van der Waals surface area contributed by atoms with Crippen LogP contribution in [-0.4, -0.2) is 30.2 Å². The zero-order valence-corrected chi connectivity index (χ0v) is 11.3. The highest BCUT2D eigenvalue weighted by Crippen LogP contribution is 2.32. The van der Waals surface area contributed by atoms with Crippen molar-refractivity contribution < 1.29 is 4.39 Å². The van der Waals surface area contributed by atoms with Crippen molar-refractivity contribution in [3.8, 4) is 0 Å². The lowest BCUT2D eigenvalue weighted by molar-refractivity contribution is 0.228. The van der Waals surface area contributed by atoms with Crippen molar-refractivity contribution in [3.63, 3.8) is 0 Å². The minimum atomic E-state index is -0.172. The van der Waals surface area contributed by atoms with Gasteiger partial charge in [-0.3, -0.25) is 0 Å². The number of benzene rings is 1. The van der Waals surface area contributed by atoms with Crippen molar-refractivity contribution in [3.05, 3.63) is 35.6 Å².